The Kier molecular flexibility index (Phi) is 5.36. The molecule has 1 aliphatic heterocycles. The molecule has 5 nitrogen and oxygen atoms in total. The fraction of sp³-hybridized carbons (Fsp3) is 0.478. The van der Waals surface area contributed by atoms with Crippen LogP contribution in [0.4, 0.5) is 0 Å². The SMILES string of the molecule is Cc1ccccc1/C(C#N)=C1\C=CS\C1=N/OS(=O)(=O)CC12CCC(CC1)C2(C)C. The van der Waals surface area contributed by atoms with Gasteiger partial charge in [-0.2, -0.15) is 13.7 Å². The highest BCUT2D eigenvalue weighted by Gasteiger charge is 2.60. The number of thioether (sulfide) groups is 1. The molecule has 0 spiro atoms. The molecular formula is C23H26N2O3S2. The van der Waals surface area contributed by atoms with Crippen molar-refractivity contribution in [2.75, 3.05) is 5.75 Å². The monoisotopic (exact) mass is 442 g/mol. The van der Waals surface area contributed by atoms with Gasteiger partial charge in [-0.1, -0.05) is 55.0 Å². The van der Waals surface area contributed by atoms with Crippen molar-refractivity contribution in [1.29, 1.82) is 5.26 Å². The van der Waals surface area contributed by atoms with E-state index in [1.807, 2.05) is 31.2 Å². The van der Waals surface area contributed by atoms with Crippen LogP contribution in [0.5, 0.6) is 0 Å². The summed E-state index contributed by atoms with van der Waals surface area (Å²) in [5.41, 5.74) is 2.61. The molecule has 2 fully saturated rings. The van der Waals surface area contributed by atoms with Gasteiger partial charge in [0.05, 0.1) is 11.3 Å². The van der Waals surface area contributed by atoms with Crippen molar-refractivity contribution in [3.05, 3.63) is 52.4 Å². The molecule has 0 amide bonds. The van der Waals surface area contributed by atoms with Crippen LogP contribution < -0.4 is 0 Å². The lowest BCUT2D eigenvalue weighted by atomic mass is 9.71. The summed E-state index contributed by atoms with van der Waals surface area (Å²) >= 11 is 1.26. The highest BCUT2D eigenvalue weighted by molar-refractivity contribution is 8.17. The Bertz CT molecular complexity index is 1100. The largest absolute Gasteiger partial charge is 0.329 e. The van der Waals surface area contributed by atoms with Crippen molar-refractivity contribution in [2.45, 2.75) is 46.5 Å². The second-order valence-corrected chi connectivity index (χ2v) is 11.5. The van der Waals surface area contributed by atoms with Crippen molar-refractivity contribution in [3.8, 4) is 6.07 Å². The van der Waals surface area contributed by atoms with E-state index in [0.717, 1.165) is 36.8 Å². The van der Waals surface area contributed by atoms with Crippen LogP contribution in [0.15, 0.2) is 46.5 Å². The summed E-state index contributed by atoms with van der Waals surface area (Å²) in [4.78, 5) is 0. The molecule has 158 valence electrons. The molecule has 3 aliphatic rings. The van der Waals surface area contributed by atoms with Crippen LogP contribution >= 0.6 is 11.8 Å². The van der Waals surface area contributed by atoms with Crippen LogP contribution in [-0.4, -0.2) is 19.2 Å². The van der Waals surface area contributed by atoms with E-state index in [2.05, 4.69) is 25.1 Å². The fourth-order valence-corrected chi connectivity index (χ4v) is 7.77. The van der Waals surface area contributed by atoms with Crippen LogP contribution in [0, 0.1) is 35.0 Å². The van der Waals surface area contributed by atoms with Gasteiger partial charge in [0.2, 0.25) is 0 Å². The van der Waals surface area contributed by atoms with Crippen molar-refractivity contribution >= 4 is 32.5 Å². The predicted molar refractivity (Wildman–Crippen MR) is 121 cm³/mol. The number of rotatable bonds is 5. The summed E-state index contributed by atoms with van der Waals surface area (Å²) in [7, 11) is -3.83. The van der Waals surface area contributed by atoms with Gasteiger partial charge in [0.1, 0.15) is 11.1 Å². The number of aryl methyl sites for hydroxylation is 1. The van der Waals surface area contributed by atoms with Gasteiger partial charge < -0.3 is 0 Å². The second kappa shape index (κ2) is 7.58. The third-order valence-electron chi connectivity index (χ3n) is 7.46. The minimum absolute atomic E-state index is 0.000321. The van der Waals surface area contributed by atoms with E-state index in [1.54, 1.807) is 11.5 Å². The Morgan fingerprint density at radius 3 is 2.60 bits per heavy atom. The first-order valence-electron chi connectivity index (χ1n) is 10.2. The number of nitriles is 1. The van der Waals surface area contributed by atoms with Crippen molar-refractivity contribution < 1.29 is 12.7 Å². The van der Waals surface area contributed by atoms with E-state index in [0.29, 0.717) is 22.1 Å². The number of hydrogen-bond donors (Lipinski definition) is 0. The van der Waals surface area contributed by atoms with E-state index < -0.39 is 10.1 Å². The third kappa shape index (κ3) is 3.50. The Balaban J connectivity index is 1.59. The first-order valence-corrected chi connectivity index (χ1v) is 12.7. The molecule has 0 N–H and O–H groups in total. The maximum atomic E-state index is 12.8. The number of benzene rings is 1. The van der Waals surface area contributed by atoms with Gasteiger partial charge >= 0.3 is 10.1 Å². The minimum atomic E-state index is -3.83. The van der Waals surface area contributed by atoms with E-state index >= 15 is 0 Å². The summed E-state index contributed by atoms with van der Waals surface area (Å²) < 4.78 is 30.8. The van der Waals surface area contributed by atoms with Crippen LogP contribution in [0.2, 0.25) is 0 Å². The lowest BCUT2D eigenvalue weighted by Gasteiger charge is -2.37. The molecule has 0 unspecified atom stereocenters. The average molecular weight is 443 g/mol. The summed E-state index contributed by atoms with van der Waals surface area (Å²) in [6.45, 7) is 6.32. The number of nitrogens with zero attached hydrogens (tertiary/aromatic N) is 2. The Hall–Kier alpha value is -2.04. The van der Waals surface area contributed by atoms with Crippen LogP contribution in [0.3, 0.4) is 0 Å². The molecule has 7 heteroatoms. The molecule has 0 atom stereocenters. The maximum absolute atomic E-state index is 12.8. The number of oxime groups is 1. The normalized spacial score (nSPS) is 29.9. The Labute approximate surface area is 183 Å². The van der Waals surface area contributed by atoms with E-state index in [1.165, 1.54) is 11.8 Å². The molecular weight excluding hydrogens is 416 g/mol. The minimum Gasteiger partial charge on any atom is -0.267 e. The van der Waals surface area contributed by atoms with Crippen LogP contribution in [-0.2, 0) is 14.4 Å². The predicted octanol–water partition coefficient (Wildman–Crippen LogP) is 5.41. The lowest BCUT2D eigenvalue weighted by Crippen LogP contribution is -2.37. The smallest absolute Gasteiger partial charge is 0.267 e. The Morgan fingerprint density at radius 1 is 1.30 bits per heavy atom. The molecule has 1 heterocycles. The molecule has 4 rings (SSSR count). The second-order valence-electron chi connectivity index (χ2n) is 9.09. The maximum Gasteiger partial charge on any atom is 0.329 e. The third-order valence-corrected chi connectivity index (χ3v) is 9.45. The van der Waals surface area contributed by atoms with Gasteiger partial charge in [0, 0.05) is 5.57 Å². The zero-order valence-corrected chi connectivity index (χ0v) is 19.1. The fourth-order valence-electron chi connectivity index (χ4n) is 5.44. The van der Waals surface area contributed by atoms with E-state index in [9.17, 15) is 13.7 Å². The van der Waals surface area contributed by atoms with Crippen molar-refractivity contribution in [3.63, 3.8) is 0 Å². The van der Waals surface area contributed by atoms with Gasteiger partial charge in [0.25, 0.3) is 0 Å². The topological polar surface area (TPSA) is 79.5 Å². The van der Waals surface area contributed by atoms with Gasteiger partial charge in [-0.15, -0.1) is 0 Å². The highest BCUT2D eigenvalue weighted by atomic mass is 32.2. The van der Waals surface area contributed by atoms with Gasteiger partial charge in [-0.25, -0.2) is 0 Å². The summed E-state index contributed by atoms with van der Waals surface area (Å²) in [5.74, 6) is 0.593. The molecule has 2 bridgehead atoms. The summed E-state index contributed by atoms with van der Waals surface area (Å²) in [6, 6.07) is 9.86. The first kappa shape index (κ1) is 21.2. The highest BCUT2D eigenvalue weighted by Crippen LogP contribution is 2.66. The number of allylic oxidation sites excluding steroid dienone is 2. The average Bonchev–Trinajstić information content (AvgIpc) is 3.32. The molecule has 1 aromatic rings. The number of hydrogen-bond acceptors (Lipinski definition) is 6. The van der Waals surface area contributed by atoms with Gasteiger partial charge in [-0.3, -0.25) is 4.28 Å². The molecule has 2 aliphatic carbocycles. The molecule has 1 aromatic carbocycles. The standard InChI is InChI=1S/C23H26N2O3S2/c1-16-6-4-5-7-18(16)20(14-24)19-10-13-29-21(19)25-28-30(26,27)15-23-11-8-17(9-12-23)22(23,2)3/h4-7,10,13,17H,8-9,11-12,15H2,1-3H3/b20-19+,25-21-. The molecule has 0 aromatic heterocycles. The lowest BCUT2D eigenvalue weighted by molar-refractivity contribution is 0.150. The van der Waals surface area contributed by atoms with Crippen molar-refractivity contribution in [2.24, 2.45) is 21.9 Å². The zero-order valence-electron chi connectivity index (χ0n) is 17.5. The van der Waals surface area contributed by atoms with Gasteiger partial charge in [0.15, 0.2) is 0 Å². The molecule has 0 saturated heterocycles. The molecule has 2 saturated carbocycles. The summed E-state index contributed by atoms with van der Waals surface area (Å²) in [5, 5.41) is 15.9. The Morgan fingerprint density at radius 2 is 2.00 bits per heavy atom. The zero-order chi connectivity index (χ0) is 21.6. The van der Waals surface area contributed by atoms with Crippen LogP contribution in [0.25, 0.3) is 5.57 Å². The molecule has 0 radical (unpaired) electrons. The summed E-state index contributed by atoms with van der Waals surface area (Å²) in [6.07, 6.45) is 5.82. The van der Waals surface area contributed by atoms with Gasteiger partial charge in [-0.05, 0) is 72.0 Å². The van der Waals surface area contributed by atoms with Crippen LogP contribution in [0.1, 0.15) is 50.7 Å². The molecule has 30 heavy (non-hydrogen) atoms. The first-order chi connectivity index (χ1) is 14.2. The number of fused-ring (bicyclic) bond motifs is 2. The quantitative estimate of drug-likeness (QED) is 0.450. The van der Waals surface area contributed by atoms with Crippen molar-refractivity contribution in [1.82, 2.24) is 0 Å². The van der Waals surface area contributed by atoms with E-state index in [-0.39, 0.29) is 16.6 Å². The van der Waals surface area contributed by atoms with E-state index in [4.69, 9.17) is 4.28 Å².